The van der Waals surface area contributed by atoms with Crippen LogP contribution in [0.1, 0.15) is 16.7 Å². The number of hydrogen-bond donors (Lipinski definition) is 1. The van der Waals surface area contributed by atoms with Crippen molar-refractivity contribution in [3.63, 3.8) is 0 Å². The molecule has 7 heteroatoms. The highest BCUT2D eigenvalue weighted by atomic mass is 35.5. The van der Waals surface area contributed by atoms with Gasteiger partial charge in [-0.15, -0.1) is 0 Å². The molecule has 1 aliphatic rings. The Bertz CT molecular complexity index is 981. The summed E-state index contributed by atoms with van der Waals surface area (Å²) < 4.78 is 16.8. The molecule has 1 N–H and O–H groups in total. The molecule has 0 amide bonds. The molecule has 3 aromatic rings. The second-order valence-corrected chi connectivity index (χ2v) is 7.27. The van der Waals surface area contributed by atoms with Gasteiger partial charge in [0.15, 0.2) is 11.5 Å². The van der Waals surface area contributed by atoms with Crippen molar-refractivity contribution in [3.8, 4) is 17.2 Å². The van der Waals surface area contributed by atoms with Gasteiger partial charge in [-0.1, -0.05) is 47.5 Å². The number of hydrogen-bond acceptors (Lipinski definition) is 4. The summed E-state index contributed by atoms with van der Waals surface area (Å²) in [7, 11) is 0. The Morgan fingerprint density at radius 2 is 1.69 bits per heavy atom. The molecule has 1 aliphatic heterocycles. The van der Waals surface area contributed by atoms with E-state index in [0.29, 0.717) is 29.7 Å². The van der Waals surface area contributed by atoms with Crippen molar-refractivity contribution in [1.82, 2.24) is 5.32 Å². The van der Waals surface area contributed by atoms with Crippen LogP contribution >= 0.6 is 23.2 Å². The highest BCUT2D eigenvalue weighted by Gasteiger charge is 2.13. The number of halogens is 3. The lowest BCUT2D eigenvalue weighted by molar-refractivity contribution is -0.00000730. The maximum absolute atomic E-state index is 6.21. The topological polar surface area (TPSA) is 39.7 Å². The molecule has 0 aromatic heterocycles. The minimum Gasteiger partial charge on any atom is -1.00 e. The molecule has 152 valence electrons. The maximum atomic E-state index is 6.21. The summed E-state index contributed by atoms with van der Waals surface area (Å²) in [5.74, 6) is 2.35. The van der Waals surface area contributed by atoms with E-state index in [1.54, 1.807) is 0 Å². The highest BCUT2D eigenvalue weighted by molar-refractivity contribution is 6.31. The monoisotopic (exact) mass is 450 g/mol. The third-order valence-electron chi connectivity index (χ3n) is 4.45. The SMILES string of the molecule is Clc1ccc(OCc2ccccc2Cl)c(CNCc2ccc3c(c2)OCO3)c1.[Cl-]. The Hall–Kier alpha value is -2.11. The van der Waals surface area contributed by atoms with Crippen LogP contribution in [-0.2, 0) is 19.7 Å². The van der Waals surface area contributed by atoms with E-state index < -0.39 is 0 Å². The van der Waals surface area contributed by atoms with Crippen molar-refractivity contribution < 1.29 is 26.6 Å². The molecule has 0 fully saturated rings. The van der Waals surface area contributed by atoms with Crippen molar-refractivity contribution in [2.75, 3.05) is 6.79 Å². The van der Waals surface area contributed by atoms with E-state index in [1.165, 1.54) is 0 Å². The van der Waals surface area contributed by atoms with E-state index in [2.05, 4.69) is 5.32 Å². The smallest absolute Gasteiger partial charge is 0.231 e. The number of rotatable bonds is 7. The van der Waals surface area contributed by atoms with Crippen molar-refractivity contribution in [2.45, 2.75) is 19.7 Å². The van der Waals surface area contributed by atoms with Gasteiger partial charge in [-0.05, 0) is 42.0 Å². The second-order valence-electron chi connectivity index (χ2n) is 6.42. The van der Waals surface area contributed by atoms with Crippen LogP contribution in [0.5, 0.6) is 17.2 Å². The van der Waals surface area contributed by atoms with Crippen LogP contribution < -0.4 is 31.9 Å². The van der Waals surface area contributed by atoms with Crippen LogP contribution in [0.4, 0.5) is 0 Å². The van der Waals surface area contributed by atoms with Crippen LogP contribution in [0.2, 0.25) is 10.0 Å². The molecule has 1 heterocycles. The quantitative estimate of drug-likeness (QED) is 0.599. The van der Waals surface area contributed by atoms with E-state index in [4.69, 9.17) is 37.4 Å². The Kier molecular flexibility index (Phi) is 7.51. The van der Waals surface area contributed by atoms with E-state index in [0.717, 1.165) is 33.9 Å². The molecule has 0 atom stereocenters. The first-order valence-electron chi connectivity index (χ1n) is 8.93. The third kappa shape index (κ3) is 5.49. The summed E-state index contributed by atoms with van der Waals surface area (Å²) in [6.07, 6.45) is 0. The lowest BCUT2D eigenvalue weighted by Crippen LogP contribution is -3.00. The first-order chi connectivity index (χ1) is 13.7. The molecule has 0 unspecified atom stereocenters. The van der Waals surface area contributed by atoms with E-state index >= 15 is 0 Å². The first kappa shape index (κ1) is 21.6. The van der Waals surface area contributed by atoms with Gasteiger partial charge in [-0.25, -0.2) is 0 Å². The first-order valence-corrected chi connectivity index (χ1v) is 9.68. The second kappa shape index (κ2) is 10.1. The van der Waals surface area contributed by atoms with Crippen molar-refractivity contribution >= 4 is 23.2 Å². The van der Waals surface area contributed by atoms with Crippen LogP contribution in [0, 0.1) is 0 Å². The molecule has 29 heavy (non-hydrogen) atoms. The zero-order valence-corrected chi connectivity index (χ0v) is 17.7. The summed E-state index contributed by atoms with van der Waals surface area (Å²) >= 11 is 12.4. The van der Waals surface area contributed by atoms with Gasteiger partial charge in [-0.3, -0.25) is 0 Å². The van der Waals surface area contributed by atoms with Gasteiger partial charge in [-0.2, -0.15) is 0 Å². The molecular weight excluding hydrogens is 433 g/mol. The summed E-state index contributed by atoms with van der Waals surface area (Å²) in [5.41, 5.74) is 3.04. The van der Waals surface area contributed by atoms with Crippen LogP contribution in [0.3, 0.4) is 0 Å². The Morgan fingerprint density at radius 3 is 2.55 bits per heavy atom. The fraction of sp³-hybridized carbons (Fsp3) is 0.182. The Labute approximate surface area is 186 Å². The zero-order valence-electron chi connectivity index (χ0n) is 15.5. The van der Waals surface area contributed by atoms with Gasteiger partial charge in [0.05, 0.1) is 0 Å². The third-order valence-corrected chi connectivity index (χ3v) is 5.05. The zero-order chi connectivity index (χ0) is 19.3. The fourth-order valence-corrected chi connectivity index (χ4v) is 3.38. The number of ether oxygens (including phenoxy) is 3. The van der Waals surface area contributed by atoms with Crippen LogP contribution in [0.15, 0.2) is 60.7 Å². The average molecular weight is 452 g/mol. The molecule has 0 saturated carbocycles. The molecule has 4 nitrogen and oxygen atoms in total. The molecule has 0 saturated heterocycles. The maximum Gasteiger partial charge on any atom is 0.231 e. The molecule has 0 radical (unpaired) electrons. The summed E-state index contributed by atoms with van der Waals surface area (Å²) in [6.45, 7) is 1.98. The predicted molar refractivity (Wildman–Crippen MR) is 110 cm³/mol. The molecule has 4 rings (SSSR count). The molecular formula is C22H19Cl3NO3-. The summed E-state index contributed by atoms with van der Waals surface area (Å²) in [6, 6.07) is 19.2. The van der Waals surface area contributed by atoms with Crippen molar-refractivity contribution in [3.05, 3.63) is 87.4 Å². The molecule has 3 aromatic carbocycles. The van der Waals surface area contributed by atoms with Gasteiger partial charge in [0.25, 0.3) is 0 Å². The number of nitrogens with one attached hydrogen (secondary N) is 1. The van der Waals surface area contributed by atoms with E-state index in [-0.39, 0.29) is 19.2 Å². The minimum absolute atomic E-state index is 0. The minimum atomic E-state index is 0. The average Bonchev–Trinajstić information content (AvgIpc) is 3.16. The van der Waals surface area contributed by atoms with Crippen molar-refractivity contribution in [2.24, 2.45) is 0 Å². The van der Waals surface area contributed by atoms with Crippen LogP contribution in [0.25, 0.3) is 0 Å². The fourth-order valence-electron chi connectivity index (χ4n) is 2.99. The van der Waals surface area contributed by atoms with E-state index in [9.17, 15) is 0 Å². The lowest BCUT2D eigenvalue weighted by Gasteiger charge is -2.14. The molecule has 0 bridgehead atoms. The molecule has 0 aliphatic carbocycles. The van der Waals surface area contributed by atoms with Crippen LogP contribution in [-0.4, -0.2) is 6.79 Å². The number of benzene rings is 3. The normalized spacial score (nSPS) is 11.8. The van der Waals surface area contributed by atoms with Gasteiger partial charge in [0.1, 0.15) is 12.4 Å². The standard InChI is InChI=1S/C22H19Cl2NO3.ClH/c23-18-6-8-20(26-13-16-3-1-2-4-19(16)24)17(10-18)12-25-11-15-5-7-21-22(9-15)28-14-27-21;/h1-10,25H,11-14H2;1H/p-1. The Balaban J connectivity index is 0.00000240. The van der Waals surface area contributed by atoms with Gasteiger partial charge < -0.3 is 31.9 Å². The Morgan fingerprint density at radius 1 is 0.862 bits per heavy atom. The number of fused-ring (bicyclic) bond motifs is 1. The van der Waals surface area contributed by atoms with Gasteiger partial charge in [0, 0.05) is 34.3 Å². The highest BCUT2D eigenvalue weighted by Crippen LogP contribution is 2.32. The van der Waals surface area contributed by atoms with E-state index in [1.807, 2.05) is 60.7 Å². The summed E-state index contributed by atoms with van der Waals surface area (Å²) in [5, 5.41) is 4.79. The van der Waals surface area contributed by atoms with Gasteiger partial charge >= 0.3 is 0 Å². The molecule has 0 spiro atoms. The largest absolute Gasteiger partial charge is 1.00 e. The van der Waals surface area contributed by atoms with Gasteiger partial charge in [0.2, 0.25) is 6.79 Å². The summed E-state index contributed by atoms with van der Waals surface area (Å²) in [4.78, 5) is 0. The lowest BCUT2D eigenvalue weighted by atomic mass is 10.1. The predicted octanol–water partition coefficient (Wildman–Crippen LogP) is 2.59. The van der Waals surface area contributed by atoms with Crippen molar-refractivity contribution in [1.29, 1.82) is 0 Å².